The number of phenolic OH excluding ortho intramolecular Hbond substituents is 7. The van der Waals surface area contributed by atoms with E-state index in [2.05, 4.69) is 41.0 Å². The third-order valence-corrected chi connectivity index (χ3v) is 12.0. The average molecular weight is 782 g/mol. The predicted octanol–water partition coefficient (Wildman–Crippen LogP) is 9.71. The second kappa shape index (κ2) is 12.0. The minimum Gasteiger partial charge on any atom is -0.504 e. The van der Waals surface area contributed by atoms with Crippen LogP contribution in [0.5, 0.6) is 40.2 Å². The van der Waals surface area contributed by atoms with Gasteiger partial charge in [-0.3, -0.25) is 4.57 Å². The van der Waals surface area contributed by atoms with Crippen LogP contribution in [-0.4, -0.2) is 59.8 Å². The van der Waals surface area contributed by atoms with Crippen LogP contribution >= 0.6 is 11.3 Å². The molecule has 7 N–H and O–H groups in total. The molecule has 4 aromatic heterocycles. The molecule has 0 saturated heterocycles. The van der Waals surface area contributed by atoms with E-state index in [9.17, 15) is 35.7 Å². The summed E-state index contributed by atoms with van der Waals surface area (Å²) in [6, 6.07) is 39.5. The summed E-state index contributed by atoms with van der Waals surface area (Å²) in [6.45, 7) is 0. The van der Waals surface area contributed by atoms with Crippen LogP contribution in [0.15, 0.2) is 121 Å². The fourth-order valence-corrected chi connectivity index (χ4v) is 9.48. The Hall–Kier alpha value is -8.03. The largest absolute Gasteiger partial charge is 0.504 e. The van der Waals surface area contributed by atoms with E-state index in [4.69, 9.17) is 15.0 Å². The molecule has 0 aliphatic rings. The number of hydrogen-bond acceptors (Lipinski definition) is 11. The normalized spacial score (nSPS) is 11.9. The van der Waals surface area contributed by atoms with Crippen molar-refractivity contribution in [3.05, 3.63) is 121 Å². The molecule has 0 unspecified atom stereocenters. The van der Waals surface area contributed by atoms with Crippen molar-refractivity contribution >= 4 is 75.1 Å². The van der Waals surface area contributed by atoms with Gasteiger partial charge in [0, 0.05) is 32.8 Å². The van der Waals surface area contributed by atoms with Crippen LogP contribution in [0.2, 0.25) is 0 Å². The fraction of sp³-hybridized carbons (Fsp3) is 0. The van der Waals surface area contributed by atoms with Gasteiger partial charge in [0.2, 0.25) is 23.2 Å². The van der Waals surface area contributed by atoms with Crippen LogP contribution in [-0.2, 0) is 0 Å². The second-order valence-electron chi connectivity index (χ2n) is 13.9. The summed E-state index contributed by atoms with van der Waals surface area (Å²) in [5.74, 6) is -5.97. The molecule has 0 radical (unpaired) electrons. The first-order chi connectivity index (χ1) is 28.2. The number of hydrogen-bond donors (Lipinski definition) is 7. The van der Waals surface area contributed by atoms with Crippen LogP contribution < -0.4 is 0 Å². The van der Waals surface area contributed by atoms with Crippen LogP contribution in [0.1, 0.15) is 0 Å². The van der Waals surface area contributed by atoms with E-state index in [0.717, 1.165) is 60.6 Å². The number of benzene rings is 7. The van der Waals surface area contributed by atoms with E-state index >= 15 is 0 Å². The smallest absolute Gasteiger partial charge is 0.238 e. The van der Waals surface area contributed by atoms with E-state index < -0.39 is 40.2 Å². The van der Waals surface area contributed by atoms with Crippen molar-refractivity contribution in [2.24, 2.45) is 0 Å². The monoisotopic (exact) mass is 781 g/mol. The predicted molar refractivity (Wildman–Crippen MR) is 224 cm³/mol. The Labute approximate surface area is 329 Å². The second-order valence-corrected chi connectivity index (χ2v) is 14.9. The number of nitrogens with zero attached hydrogens (tertiary/aromatic N) is 5. The minimum absolute atomic E-state index is 0.0309. The molecule has 0 amide bonds. The number of aromatic nitrogens is 5. The molecule has 4 heterocycles. The van der Waals surface area contributed by atoms with E-state index in [1.165, 1.54) is 0 Å². The van der Waals surface area contributed by atoms with Gasteiger partial charge in [0.25, 0.3) is 0 Å². The van der Waals surface area contributed by atoms with Gasteiger partial charge in [-0.15, -0.1) is 11.3 Å². The van der Waals surface area contributed by atoms with Crippen molar-refractivity contribution in [3.8, 4) is 74.7 Å². The summed E-state index contributed by atoms with van der Waals surface area (Å²) in [6.07, 6.45) is 0. The summed E-state index contributed by atoms with van der Waals surface area (Å²) >= 11 is 0.775. The molecule has 12 nitrogen and oxygen atoms in total. The molecule has 58 heavy (non-hydrogen) atoms. The Balaban J connectivity index is 1.32. The van der Waals surface area contributed by atoms with Crippen molar-refractivity contribution in [1.29, 1.82) is 0 Å². The molecular weight excluding hydrogens is 755 g/mol. The molecule has 0 aliphatic carbocycles. The minimum atomic E-state index is -1.03. The van der Waals surface area contributed by atoms with Gasteiger partial charge < -0.3 is 40.3 Å². The molecule has 280 valence electrons. The van der Waals surface area contributed by atoms with Gasteiger partial charge in [-0.2, -0.15) is 9.97 Å². The number of phenols is 7. The quantitative estimate of drug-likeness (QED) is 0.0669. The maximum absolute atomic E-state index is 11.7. The number of para-hydroxylation sites is 3. The molecule has 0 aliphatic heterocycles. The first kappa shape index (κ1) is 33.3. The van der Waals surface area contributed by atoms with E-state index in [1.807, 2.05) is 89.5 Å². The third kappa shape index (κ3) is 4.41. The van der Waals surface area contributed by atoms with E-state index in [0.29, 0.717) is 5.56 Å². The van der Waals surface area contributed by atoms with Gasteiger partial charge in [-0.1, -0.05) is 97.1 Å². The lowest BCUT2D eigenvalue weighted by Gasteiger charge is -2.14. The first-order valence-corrected chi connectivity index (χ1v) is 18.9. The molecule has 7 aromatic carbocycles. The summed E-state index contributed by atoms with van der Waals surface area (Å²) in [7, 11) is 0. The molecule has 13 heteroatoms. The van der Waals surface area contributed by atoms with Crippen LogP contribution in [0.25, 0.3) is 98.2 Å². The van der Waals surface area contributed by atoms with Gasteiger partial charge >= 0.3 is 0 Å². The lowest BCUT2D eigenvalue weighted by atomic mass is 10.0. The molecule has 11 rings (SSSR count). The van der Waals surface area contributed by atoms with Crippen molar-refractivity contribution in [2.45, 2.75) is 0 Å². The van der Waals surface area contributed by atoms with Crippen molar-refractivity contribution in [1.82, 2.24) is 24.1 Å². The summed E-state index contributed by atoms with van der Waals surface area (Å²) in [4.78, 5) is 14.9. The number of fused-ring (bicyclic) bond motifs is 10. The zero-order valence-corrected chi connectivity index (χ0v) is 30.6. The van der Waals surface area contributed by atoms with E-state index in [-0.39, 0.29) is 43.3 Å². The van der Waals surface area contributed by atoms with E-state index in [1.54, 1.807) is 0 Å². The SMILES string of the molecule is Oc1c(O)c(O)c2c(sc3c(-c4nc(-c5ccccc5)nc(-n5c6ccccc6c6ccc7c8ccccc8n(-c8ccccc8)c7c65)n4)c(O)c(O)c(O)c32)c1O. The molecule has 11 aromatic rings. The van der Waals surface area contributed by atoms with Gasteiger partial charge in [0.15, 0.2) is 34.6 Å². The molecule has 0 saturated carbocycles. The van der Waals surface area contributed by atoms with Crippen LogP contribution in [0, 0.1) is 0 Å². The highest BCUT2D eigenvalue weighted by atomic mass is 32.1. The highest BCUT2D eigenvalue weighted by molar-refractivity contribution is 7.27. The highest BCUT2D eigenvalue weighted by Crippen LogP contribution is 2.60. The standard InChI is InChI=1S/C45H27N5O7S/c51-34-29-30-35(52)38(55)39(56)40(57)42(30)58-41(29)31(36(53)37(34)54)44-46-43(21-11-3-1-4-12-21)47-45(48-44)50-28-18-10-8-16-24(28)26-20-19-25-23-15-7-9-17-27(23)49(32(25)33(26)50)22-13-5-2-6-14-22/h1-20,51-57H. The topological polar surface area (TPSA) is 190 Å². The Morgan fingerprint density at radius 3 is 1.55 bits per heavy atom. The maximum Gasteiger partial charge on any atom is 0.238 e. The molecule has 0 atom stereocenters. The first-order valence-electron chi connectivity index (χ1n) is 18.0. The van der Waals surface area contributed by atoms with Gasteiger partial charge in [-0.25, -0.2) is 4.98 Å². The third-order valence-electron chi connectivity index (χ3n) is 10.7. The van der Waals surface area contributed by atoms with Crippen molar-refractivity contribution in [2.75, 3.05) is 0 Å². The maximum atomic E-state index is 11.7. The number of rotatable bonds is 4. The number of thiophene rings is 1. The molecule has 0 spiro atoms. The zero-order valence-electron chi connectivity index (χ0n) is 29.8. The molecule has 0 fully saturated rings. The van der Waals surface area contributed by atoms with Gasteiger partial charge in [-0.05, 0) is 24.3 Å². The highest BCUT2D eigenvalue weighted by Gasteiger charge is 2.31. The Bertz CT molecular complexity index is 3540. The van der Waals surface area contributed by atoms with Gasteiger partial charge in [0.1, 0.15) is 0 Å². The summed E-state index contributed by atoms with van der Waals surface area (Å²) < 4.78 is 4.07. The molecular formula is C45H27N5O7S. The van der Waals surface area contributed by atoms with Crippen molar-refractivity contribution < 1.29 is 35.7 Å². The lowest BCUT2D eigenvalue weighted by Crippen LogP contribution is -2.07. The van der Waals surface area contributed by atoms with Crippen LogP contribution in [0.4, 0.5) is 0 Å². The number of aromatic hydroxyl groups is 7. The van der Waals surface area contributed by atoms with Crippen LogP contribution in [0.3, 0.4) is 0 Å². The van der Waals surface area contributed by atoms with Gasteiger partial charge in [0.05, 0.1) is 47.8 Å². The summed E-state index contributed by atoms with van der Waals surface area (Å²) in [5, 5.41) is 80.3. The Morgan fingerprint density at radius 1 is 0.397 bits per heavy atom. The average Bonchev–Trinajstić information content (AvgIpc) is 3.93. The zero-order chi connectivity index (χ0) is 39.6. The molecule has 0 bridgehead atoms. The van der Waals surface area contributed by atoms with Crippen molar-refractivity contribution in [3.63, 3.8) is 0 Å². The fourth-order valence-electron chi connectivity index (χ4n) is 8.19. The Morgan fingerprint density at radius 2 is 0.897 bits per heavy atom. The summed E-state index contributed by atoms with van der Waals surface area (Å²) in [5.41, 5.74) is 4.85. The lowest BCUT2D eigenvalue weighted by molar-refractivity contribution is 0.351. The Kier molecular flexibility index (Phi) is 6.88.